The molecule has 2 atom stereocenters. The van der Waals surface area contributed by atoms with Gasteiger partial charge in [-0.15, -0.1) is 0 Å². The molecule has 1 aliphatic heterocycles. The molecule has 0 saturated carbocycles. The third kappa shape index (κ3) is 4.99. The van der Waals surface area contributed by atoms with Gasteiger partial charge in [-0.3, -0.25) is 0 Å². The Morgan fingerprint density at radius 3 is 1.71 bits per heavy atom. The Kier molecular flexibility index (Phi) is 6.73. The van der Waals surface area contributed by atoms with Crippen LogP contribution >= 0.6 is 0 Å². The summed E-state index contributed by atoms with van der Waals surface area (Å²) in [5, 5.41) is 2.57. The van der Waals surface area contributed by atoms with E-state index in [4.69, 9.17) is 13.9 Å². The lowest BCUT2D eigenvalue weighted by Gasteiger charge is -2.43. The molecule has 0 bridgehead atoms. The number of hydrogen-bond acceptors (Lipinski definition) is 3. The van der Waals surface area contributed by atoms with E-state index < -0.39 is 8.32 Å². The van der Waals surface area contributed by atoms with Gasteiger partial charge in [0.2, 0.25) is 0 Å². The van der Waals surface area contributed by atoms with E-state index in [2.05, 4.69) is 93.6 Å². The molecule has 0 radical (unpaired) electrons. The Morgan fingerprint density at radius 2 is 1.19 bits per heavy atom. The minimum atomic E-state index is -2.51. The molecule has 0 aromatic heterocycles. The van der Waals surface area contributed by atoms with Gasteiger partial charge in [0.05, 0.1) is 19.8 Å². The predicted molar refractivity (Wildman–Crippen MR) is 128 cm³/mol. The van der Waals surface area contributed by atoms with Crippen LogP contribution in [0.5, 0.6) is 0 Å². The maximum Gasteiger partial charge on any atom is 0.261 e. The van der Waals surface area contributed by atoms with Crippen LogP contribution in [-0.2, 0) is 20.5 Å². The molecule has 1 heterocycles. The van der Waals surface area contributed by atoms with Crippen molar-refractivity contribution in [2.24, 2.45) is 0 Å². The van der Waals surface area contributed by atoms with Crippen LogP contribution in [0.2, 0.25) is 5.04 Å². The van der Waals surface area contributed by atoms with Crippen LogP contribution in [0.25, 0.3) is 0 Å². The molecule has 0 aliphatic carbocycles. The molecule has 4 rings (SSSR count). The van der Waals surface area contributed by atoms with Gasteiger partial charge in [0, 0.05) is 0 Å². The van der Waals surface area contributed by atoms with Gasteiger partial charge >= 0.3 is 0 Å². The average Bonchev–Trinajstić information content (AvgIpc) is 3.54. The van der Waals surface area contributed by atoms with E-state index in [1.165, 1.54) is 15.9 Å². The van der Waals surface area contributed by atoms with Crippen LogP contribution in [0.1, 0.15) is 26.3 Å². The number of rotatable bonds is 9. The molecule has 3 aromatic rings. The topological polar surface area (TPSA) is 31.0 Å². The van der Waals surface area contributed by atoms with Gasteiger partial charge in [-0.1, -0.05) is 112 Å². The van der Waals surface area contributed by atoms with Crippen molar-refractivity contribution in [2.45, 2.75) is 44.6 Å². The number of ether oxygens (including phenoxy) is 2. The van der Waals surface area contributed by atoms with E-state index >= 15 is 0 Å². The van der Waals surface area contributed by atoms with E-state index in [1.54, 1.807) is 0 Å². The van der Waals surface area contributed by atoms with Crippen molar-refractivity contribution in [1.29, 1.82) is 0 Å². The molecule has 31 heavy (non-hydrogen) atoms. The summed E-state index contributed by atoms with van der Waals surface area (Å²) in [7, 11) is -2.51. The summed E-state index contributed by atoms with van der Waals surface area (Å²) in [6, 6.07) is 31.7. The third-order valence-electron chi connectivity index (χ3n) is 5.96. The van der Waals surface area contributed by atoms with Crippen molar-refractivity contribution >= 4 is 18.7 Å². The fraction of sp³-hybridized carbons (Fsp3) is 0.333. The Balaban J connectivity index is 1.45. The van der Waals surface area contributed by atoms with Crippen LogP contribution in [-0.4, -0.2) is 33.7 Å². The molecule has 0 N–H and O–H groups in total. The smallest absolute Gasteiger partial charge is 0.261 e. The lowest BCUT2D eigenvalue weighted by molar-refractivity contribution is 0.104. The normalized spacial score (nSPS) is 18.7. The Hall–Kier alpha value is -2.24. The number of benzene rings is 3. The first-order valence-corrected chi connectivity index (χ1v) is 12.9. The molecule has 1 aliphatic rings. The van der Waals surface area contributed by atoms with Gasteiger partial charge in [0.25, 0.3) is 8.32 Å². The van der Waals surface area contributed by atoms with Crippen molar-refractivity contribution < 1.29 is 13.9 Å². The molecule has 3 nitrogen and oxygen atoms in total. The fourth-order valence-electron chi connectivity index (χ4n) is 4.31. The van der Waals surface area contributed by atoms with Crippen LogP contribution in [0.4, 0.5) is 0 Å². The lowest BCUT2D eigenvalue weighted by Crippen LogP contribution is -2.66. The third-order valence-corrected chi connectivity index (χ3v) is 11.0. The summed E-state index contributed by atoms with van der Waals surface area (Å²) in [6.45, 7) is 8.70. The molecular weight excluding hydrogens is 400 g/mol. The molecule has 4 heteroatoms. The lowest BCUT2D eigenvalue weighted by atomic mass is 10.2. The summed E-state index contributed by atoms with van der Waals surface area (Å²) in [5.41, 5.74) is 1.18. The first kappa shape index (κ1) is 22.0. The van der Waals surface area contributed by atoms with E-state index in [0.717, 1.165) is 0 Å². The van der Waals surface area contributed by atoms with Gasteiger partial charge in [-0.05, 0) is 21.0 Å². The van der Waals surface area contributed by atoms with Crippen molar-refractivity contribution in [2.75, 3.05) is 13.2 Å². The van der Waals surface area contributed by atoms with Gasteiger partial charge in [0.15, 0.2) is 0 Å². The minimum absolute atomic E-state index is 0.0239. The summed E-state index contributed by atoms with van der Waals surface area (Å²) < 4.78 is 18.7. The molecule has 1 fully saturated rings. The van der Waals surface area contributed by atoms with Gasteiger partial charge in [-0.2, -0.15) is 0 Å². The van der Waals surface area contributed by atoms with Crippen LogP contribution in [0.3, 0.4) is 0 Å². The van der Waals surface area contributed by atoms with E-state index in [-0.39, 0.29) is 17.2 Å². The maximum absolute atomic E-state index is 6.94. The zero-order valence-electron chi connectivity index (χ0n) is 18.7. The fourth-order valence-corrected chi connectivity index (χ4v) is 8.88. The van der Waals surface area contributed by atoms with Gasteiger partial charge < -0.3 is 13.9 Å². The quantitative estimate of drug-likeness (QED) is 0.367. The van der Waals surface area contributed by atoms with E-state index in [1.807, 2.05) is 18.2 Å². The van der Waals surface area contributed by atoms with Crippen molar-refractivity contribution in [3.05, 3.63) is 96.6 Å². The first-order chi connectivity index (χ1) is 15.0. The summed E-state index contributed by atoms with van der Waals surface area (Å²) in [6.07, 6.45) is 0.208. The monoisotopic (exact) mass is 432 g/mol. The Bertz CT molecular complexity index is 899. The second-order valence-corrected chi connectivity index (χ2v) is 13.5. The van der Waals surface area contributed by atoms with E-state index in [9.17, 15) is 0 Å². The summed E-state index contributed by atoms with van der Waals surface area (Å²) >= 11 is 0. The molecule has 1 saturated heterocycles. The van der Waals surface area contributed by atoms with Crippen molar-refractivity contribution in [1.82, 2.24) is 0 Å². The molecule has 3 aromatic carbocycles. The maximum atomic E-state index is 6.94. The second kappa shape index (κ2) is 9.49. The highest BCUT2D eigenvalue weighted by molar-refractivity contribution is 6.99. The number of epoxide rings is 1. The van der Waals surface area contributed by atoms with Crippen LogP contribution in [0, 0.1) is 0 Å². The zero-order chi connectivity index (χ0) is 21.7. The second-order valence-electron chi connectivity index (χ2n) is 9.19. The molecular formula is C27H32O3Si. The minimum Gasteiger partial charge on any atom is -0.405 e. The highest BCUT2D eigenvalue weighted by Gasteiger charge is 2.52. The summed E-state index contributed by atoms with van der Waals surface area (Å²) in [5.74, 6) is 0. The van der Waals surface area contributed by atoms with Crippen molar-refractivity contribution in [3.8, 4) is 0 Å². The van der Waals surface area contributed by atoms with Crippen molar-refractivity contribution in [3.63, 3.8) is 0 Å². The summed E-state index contributed by atoms with van der Waals surface area (Å²) in [4.78, 5) is 0. The van der Waals surface area contributed by atoms with Gasteiger partial charge in [-0.25, -0.2) is 0 Å². The molecule has 162 valence electrons. The van der Waals surface area contributed by atoms with E-state index in [0.29, 0.717) is 19.8 Å². The molecule has 0 unspecified atom stereocenters. The van der Waals surface area contributed by atoms with Crippen LogP contribution < -0.4 is 10.4 Å². The molecule has 0 spiro atoms. The van der Waals surface area contributed by atoms with Gasteiger partial charge in [0.1, 0.15) is 12.2 Å². The first-order valence-electron chi connectivity index (χ1n) is 11.0. The highest BCUT2D eigenvalue weighted by atomic mass is 28.4. The Morgan fingerprint density at radius 1 is 0.710 bits per heavy atom. The predicted octanol–water partition coefficient (Wildman–Crippen LogP) is 4.55. The number of hydrogen-bond donors (Lipinski definition) is 0. The average molecular weight is 433 g/mol. The largest absolute Gasteiger partial charge is 0.405 e. The standard InChI is InChI=1S/C27H32O3Si/c1-27(2,3)31(23-15-9-5-10-16-23,24-17-11-6-12-18-24)29-21-26-25(30-26)20-28-19-22-13-7-4-8-14-22/h4-18,25-26H,19-21H2,1-3H3/t25-,26+/m0/s1. The molecule has 0 amide bonds. The Labute approximate surface area is 187 Å². The SMILES string of the molecule is CC(C)(C)[Si](OC[C@H]1O[C@H]1COCc1ccccc1)(c1ccccc1)c1ccccc1. The van der Waals surface area contributed by atoms with Crippen LogP contribution in [0.15, 0.2) is 91.0 Å². The zero-order valence-corrected chi connectivity index (χ0v) is 19.7. The highest BCUT2D eigenvalue weighted by Crippen LogP contribution is 2.38.